The molecule has 26 heavy (non-hydrogen) atoms. The third-order valence-electron chi connectivity index (χ3n) is 3.85. The van der Waals surface area contributed by atoms with E-state index in [9.17, 15) is 4.79 Å². The molecule has 4 aromatic rings. The fourth-order valence-electron chi connectivity index (χ4n) is 2.62. The van der Waals surface area contributed by atoms with Crippen LogP contribution < -0.4 is 10.4 Å². The molecule has 1 N–H and O–H groups in total. The molecule has 0 spiro atoms. The predicted molar refractivity (Wildman–Crippen MR) is 104 cm³/mol. The smallest absolute Gasteiger partial charge is 0.348 e. The molecule has 0 fully saturated rings. The van der Waals surface area contributed by atoms with Crippen LogP contribution in [0.4, 0.5) is 0 Å². The van der Waals surface area contributed by atoms with Crippen LogP contribution >= 0.6 is 15.9 Å². The van der Waals surface area contributed by atoms with Crippen molar-refractivity contribution in [1.82, 2.24) is 14.8 Å². The van der Waals surface area contributed by atoms with Crippen molar-refractivity contribution in [2.75, 3.05) is 0 Å². The minimum absolute atomic E-state index is 0.285. The van der Waals surface area contributed by atoms with Crippen molar-refractivity contribution in [2.24, 2.45) is 0 Å². The predicted octanol–water partition coefficient (Wildman–Crippen LogP) is 4.78. The molecule has 0 radical (unpaired) electrons. The van der Waals surface area contributed by atoms with Gasteiger partial charge in [0.15, 0.2) is 5.82 Å². The Morgan fingerprint density at radius 2 is 1.50 bits per heavy atom. The summed E-state index contributed by atoms with van der Waals surface area (Å²) >= 11 is 3.40. The summed E-state index contributed by atoms with van der Waals surface area (Å²) in [5.41, 5.74) is 1.27. The molecule has 0 aliphatic heterocycles. The van der Waals surface area contributed by atoms with Gasteiger partial charge in [0.05, 0.1) is 5.69 Å². The molecule has 0 bridgehead atoms. The molecule has 0 amide bonds. The Bertz CT molecular complexity index is 1070. The van der Waals surface area contributed by atoms with Gasteiger partial charge < -0.3 is 4.74 Å². The SMILES string of the molecule is O=c1[nH]nc(-c2ccc(Oc3ccccc3)cc2)n1-c1ccc(Br)cc1. The lowest BCUT2D eigenvalue weighted by Crippen LogP contribution is -2.15. The van der Waals surface area contributed by atoms with Gasteiger partial charge in [-0.3, -0.25) is 0 Å². The Kier molecular flexibility index (Phi) is 4.41. The Labute approximate surface area is 158 Å². The summed E-state index contributed by atoms with van der Waals surface area (Å²) in [6.45, 7) is 0. The van der Waals surface area contributed by atoms with Gasteiger partial charge in [0.1, 0.15) is 11.5 Å². The van der Waals surface area contributed by atoms with Gasteiger partial charge in [-0.1, -0.05) is 34.1 Å². The lowest BCUT2D eigenvalue weighted by molar-refractivity contribution is 0.483. The largest absolute Gasteiger partial charge is 0.457 e. The first-order chi connectivity index (χ1) is 12.7. The Morgan fingerprint density at radius 1 is 0.846 bits per heavy atom. The summed E-state index contributed by atoms with van der Waals surface area (Å²) in [4.78, 5) is 12.2. The molecular formula is C20H14BrN3O2. The highest BCUT2D eigenvalue weighted by molar-refractivity contribution is 9.10. The summed E-state index contributed by atoms with van der Waals surface area (Å²) in [7, 11) is 0. The van der Waals surface area contributed by atoms with Crippen molar-refractivity contribution in [3.63, 3.8) is 0 Å². The van der Waals surface area contributed by atoms with Crippen LogP contribution in [-0.2, 0) is 0 Å². The summed E-state index contributed by atoms with van der Waals surface area (Å²) < 4.78 is 8.29. The maximum atomic E-state index is 12.2. The van der Waals surface area contributed by atoms with Gasteiger partial charge in [-0.05, 0) is 60.7 Å². The second-order valence-electron chi connectivity index (χ2n) is 5.60. The molecule has 128 valence electrons. The van der Waals surface area contributed by atoms with Crippen LogP contribution in [0.25, 0.3) is 17.1 Å². The monoisotopic (exact) mass is 407 g/mol. The zero-order valence-electron chi connectivity index (χ0n) is 13.6. The van der Waals surface area contributed by atoms with E-state index in [4.69, 9.17) is 4.74 Å². The zero-order valence-corrected chi connectivity index (χ0v) is 15.2. The Hall–Kier alpha value is -3.12. The number of ether oxygens (including phenoxy) is 1. The first-order valence-electron chi connectivity index (χ1n) is 7.97. The summed E-state index contributed by atoms with van der Waals surface area (Å²) in [5.74, 6) is 2.03. The molecule has 1 heterocycles. The molecule has 0 saturated heterocycles. The third-order valence-corrected chi connectivity index (χ3v) is 4.38. The van der Waals surface area contributed by atoms with Gasteiger partial charge >= 0.3 is 5.69 Å². The number of benzene rings is 3. The first kappa shape index (κ1) is 16.4. The first-order valence-corrected chi connectivity index (χ1v) is 8.77. The van der Waals surface area contributed by atoms with Gasteiger partial charge in [-0.25, -0.2) is 14.5 Å². The maximum Gasteiger partial charge on any atom is 0.348 e. The number of para-hydroxylation sites is 1. The molecular weight excluding hydrogens is 394 g/mol. The number of nitrogens with zero attached hydrogens (tertiary/aromatic N) is 2. The molecule has 0 aliphatic carbocycles. The van der Waals surface area contributed by atoms with Crippen LogP contribution in [0.3, 0.4) is 0 Å². The van der Waals surface area contributed by atoms with E-state index in [1.165, 1.54) is 0 Å². The molecule has 0 unspecified atom stereocenters. The topological polar surface area (TPSA) is 59.9 Å². The lowest BCUT2D eigenvalue weighted by atomic mass is 10.2. The summed E-state index contributed by atoms with van der Waals surface area (Å²) in [6.07, 6.45) is 0. The number of aromatic amines is 1. The number of hydrogen-bond donors (Lipinski definition) is 1. The fourth-order valence-corrected chi connectivity index (χ4v) is 2.88. The van der Waals surface area contributed by atoms with E-state index < -0.39 is 0 Å². The Balaban J connectivity index is 1.66. The molecule has 3 aromatic carbocycles. The van der Waals surface area contributed by atoms with Crippen LogP contribution in [0.2, 0.25) is 0 Å². The normalized spacial score (nSPS) is 10.7. The minimum atomic E-state index is -0.285. The molecule has 0 aliphatic rings. The van der Waals surface area contributed by atoms with E-state index in [1.54, 1.807) is 4.57 Å². The standard InChI is InChI=1S/C20H14BrN3O2/c21-15-8-10-16(11-9-15)24-19(22-23-20(24)25)14-6-12-18(13-7-14)26-17-4-2-1-3-5-17/h1-13H,(H,23,25). The van der Waals surface area contributed by atoms with Crippen LogP contribution in [-0.4, -0.2) is 14.8 Å². The van der Waals surface area contributed by atoms with E-state index in [0.717, 1.165) is 21.5 Å². The van der Waals surface area contributed by atoms with E-state index in [2.05, 4.69) is 26.1 Å². The van der Waals surface area contributed by atoms with E-state index in [1.807, 2.05) is 78.9 Å². The quantitative estimate of drug-likeness (QED) is 0.529. The van der Waals surface area contributed by atoms with Crippen molar-refractivity contribution in [3.05, 3.63) is 93.8 Å². The number of aromatic nitrogens is 3. The minimum Gasteiger partial charge on any atom is -0.457 e. The number of H-pyrrole nitrogens is 1. The second-order valence-corrected chi connectivity index (χ2v) is 6.52. The van der Waals surface area contributed by atoms with E-state index in [-0.39, 0.29) is 5.69 Å². The molecule has 0 saturated carbocycles. The fraction of sp³-hybridized carbons (Fsp3) is 0. The number of rotatable bonds is 4. The lowest BCUT2D eigenvalue weighted by Gasteiger charge is -2.08. The molecule has 1 aromatic heterocycles. The van der Waals surface area contributed by atoms with Crippen molar-refractivity contribution >= 4 is 15.9 Å². The Morgan fingerprint density at radius 3 is 2.19 bits per heavy atom. The number of nitrogens with one attached hydrogen (secondary N) is 1. The summed E-state index contributed by atoms with van der Waals surface area (Å²) in [5, 5.41) is 6.69. The highest BCUT2D eigenvalue weighted by Gasteiger charge is 2.12. The van der Waals surface area contributed by atoms with Gasteiger partial charge in [0, 0.05) is 10.0 Å². The summed E-state index contributed by atoms with van der Waals surface area (Å²) in [6, 6.07) is 24.5. The van der Waals surface area contributed by atoms with E-state index >= 15 is 0 Å². The van der Waals surface area contributed by atoms with Crippen molar-refractivity contribution in [1.29, 1.82) is 0 Å². The number of hydrogen-bond acceptors (Lipinski definition) is 3. The number of halogens is 1. The highest BCUT2D eigenvalue weighted by Crippen LogP contribution is 2.25. The van der Waals surface area contributed by atoms with Crippen LogP contribution in [0.5, 0.6) is 11.5 Å². The zero-order chi connectivity index (χ0) is 17.9. The average Bonchev–Trinajstić information content (AvgIpc) is 3.05. The molecule has 5 nitrogen and oxygen atoms in total. The average molecular weight is 408 g/mol. The van der Waals surface area contributed by atoms with Gasteiger partial charge in [0.25, 0.3) is 0 Å². The maximum absolute atomic E-state index is 12.2. The molecule has 0 atom stereocenters. The van der Waals surface area contributed by atoms with E-state index in [0.29, 0.717) is 11.6 Å². The van der Waals surface area contributed by atoms with Crippen LogP contribution in [0.1, 0.15) is 0 Å². The van der Waals surface area contributed by atoms with Gasteiger partial charge in [-0.15, -0.1) is 0 Å². The van der Waals surface area contributed by atoms with Crippen molar-refractivity contribution in [3.8, 4) is 28.6 Å². The van der Waals surface area contributed by atoms with Gasteiger partial charge in [-0.2, -0.15) is 5.10 Å². The second kappa shape index (κ2) is 7.01. The van der Waals surface area contributed by atoms with Crippen LogP contribution in [0.15, 0.2) is 88.1 Å². The van der Waals surface area contributed by atoms with Crippen molar-refractivity contribution in [2.45, 2.75) is 0 Å². The van der Waals surface area contributed by atoms with Gasteiger partial charge in [0.2, 0.25) is 0 Å². The van der Waals surface area contributed by atoms with Crippen LogP contribution in [0, 0.1) is 0 Å². The third kappa shape index (κ3) is 3.32. The molecule has 4 rings (SSSR count). The highest BCUT2D eigenvalue weighted by atomic mass is 79.9. The molecule has 6 heteroatoms. The van der Waals surface area contributed by atoms with Crippen molar-refractivity contribution < 1.29 is 4.74 Å².